The number of thiophene rings is 1. The Hall–Kier alpha value is -0.680. The van der Waals surface area contributed by atoms with Gasteiger partial charge in [0.15, 0.2) is 0 Å². The summed E-state index contributed by atoms with van der Waals surface area (Å²) in [6.45, 7) is 0. The molecule has 1 amide bonds. The Kier molecular flexibility index (Phi) is 3.76. The zero-order chi connectivity index (χ0) is 13.4. The number of thioether (sulfide) groups is 1. The van der Waals surface area contributed by atoms with E-state index in [1.807, 2.05) is 29.6 Å². The molecule has 1 aromatic carbocycles. The fourth-order valence-electron chi connectivity index (χ4n) is 2.02. The number of hydrogen-bond donors (Lipinski definition) is 1. The number of hydrogen-bond acceptors (Lipinski definition) is 3. The van der Waals surface area contributed by atoms with Gasteiger partial charge in [-0.15, -0.1) is 23.1 Å². The van der Waals surface area contributed by atoms with Crippen LogP contribution in [0.4, 0.5) is 5.69 Å². The summed E-state index contributed by atoms with van der Waals surface area (Å²) < 4.78 is 0. The second-order valence-electron chi connectivity index (χ2n) is 4.07. The third-order valence-electron chi connectivity index (χ3n) is 2.85. The van der Waals surface area contributed by atoms with E-state index >= 15 is 0 Å². The highest BCUT2D eigenvalue weighted by Crippen LogP contribution is 2.48. The number of halogens is 2. The van der Waals surface area contributed by atoms with E-state index in [1.54, 1.807) is 23.1 Å². The molecule has 3 rings (SSSR count). The topological polar surface area (TPSA) is 29.1 Å². The Balaban J connectivity index is 2.13. The highest BCUT2D eigenvalue weighted by atomic mass is 35.5. The summed E-state index contributed by atoms with van der Waals surface area (Å²) in [6, 6.07) is 7.41. The van der Waals surface area contributed by atoms with Crippen molar-refractivity contribution in [2.45, 2.75) is 5.25 Å². The fraction of sp³-hybridized carbons (Fsp3) is 0.154. The third-order valence-corrected chi connectivity index (χ3v) is 5.87. The van der Waals surface area contributed by atoms with Gasteiger partial charge in [0.2, 0.25) is 5.91 Å². The molecule has 6 heteroatoms. The summed E-state index contributed by atoms with van der Waals surface area (Å²) in [4.78, 5) is 12.8. The molecule has 0 radical (unpaired) electrons. The van der Waals surface area contributed by atoms with Crippen LogP contribution in [0, 0.1) is 0 Å². The predicted molar refractivity (Wildman–Crippen MR) is 83.7 cm³/mol. The lowest BCUT2D eigenvalue weighted by molar-refractivity contribution is -0.113. The summed E-state index contributed by atoms with van der Waals surface area (Å²) in [5.41, 5.74) is 1.75. The molecule has 98 valence electrons. The highest BCUT2D eigenvalue weighted by molar-refractivity contribution is 8.00. The van der Waals surface area contributed by atoms with Crippen LogP contribution in [-0.4, -0.2) is 11.7 Å². The van der Waals surface area contributed by atoms with Crippen LogP contribution in [0.15, 0.2) is 29.6 Å². The Morgan fingerprint density at radius 2 is 1.95 bits per heavy atom. The van der Waals surface area contributed by atoms with E-state index < -0.39 is 0 Å². The molecule has 1 aromatic heterocycles. The van der Waals surface area contributed by atoms with Gasteiger partial charge in [-0.1, -0.05) is 29.3 Å². The van der Waals surface area contributed by atoms with Crippen molar-refractivity contribution < 1.29 is 4.79 Å². The Labute approximate surface area is 129 Å². The number of benzene rings is 1. The minimum Gasteiger partial charge on any atom is -0.324 e. The number of fused-ring (bicyclic) bond motifs is 1. The van der Waals surface area contributed by atoms with E-state index in [4.69, 9.17) is 23.2 Å². The Bertz CT molecular complexity index is 621. The van der Waals surface area contributed by atoms with Crippen molar-refractivity contribution in [1.82, 2.24) is 0 Å². The van der Waals surface area contributed by atoms with Crippen LogP contribution >= 0.6 is 46.3 Å². The van der Waals surface area contributed by atoms with E-state index in [9.17, 15) is 4.79 Å². The molecule has 2 heterocycles. The molecule has 19 heavy (non-hydrogen) atoms. The molecule has 0 unspecified atom stereocenters. The van der Waals surface area contributed by atoms with Gasteiger partial charge in [-0.05, 0) is 23.6 Å². The fourth-order valence-corrected chi connectivity index (χ4v) is 5.07. The summed E-state index contributed by atoms with van der Waals surface area (Å²) >= 11 is 15.7. The zero-order valence-corrected chi connectivity index (χ0v) is 12.8. The SMILES string of the molecule is O=C1CS[C@@H](c2c(Cl)cccc2Cl)c2sccc2N1. The first-order chi connectivity index (χ1) is 9.16. The summed E-state index contributed by atoms with van der Waals surface area (Å²) in [6.07, 6.45) is 0. The van der Waals surface area contributed by atoms with Crippen molar-refractivity contribution in [2.75, 3.05) is 11.1 Å². The number of carbonyl (C=O) groups is 1. The number of carbonyl (C=O) groups excluding carboxylic acids is 1. The van der Waals surface area contributed by atoms with Crippen molar-refractivity contribution in [2.24, 2.45) is 0 Å². The minimum atomic E-state index is -0.00449. The van der Waals surface area contributed by atoms with Crippen molar-refractivity contribution in [1.29, 1.82) is 0 Å². The maximum atomic E-state index is 11.7. The lowest BCUT2D eigenvalue weighted by atomic mass is 10.1. The zero-order valence-electron chi connectivity index (χ0n) is 9.65. The summed E-state index contributed by atoms with van der Waals surface area (Å²) in [5, 5.41) is 6.14. The quantitative estimate of drug-likeness (QED) is 0.811. The molecule has 1 aliphatic rings. The number of anilines is 1. The van der Waals surface area contributed by atoms with E-state index in [2.05, 4.69) is 5.32 Å². The normalized spacial score (nSPS) is 18.6. The van der Waals surface area contributed by atoms with Gasteiger partial charge in [-0.25, -0.2) is 0 Å². The molecule has 0 bridgehead atoms. The molecular weight excluding hydrogens is 321 g/mol. The maximum Gasteiger partial charge on any atom is 0.234 e. The average Bonchev–Trinajstić information content (AvgIpc) is 2.75. The molecule has 0 saturated carbocycles. The van der Waals surface area contributed by atoms with Crippen LogP contribution in [0.1, 0.15) is 15.7 Å². The van der Waals surface area contributed by atoms with Crippen molar-refractivity contribution in [3.05, 3.63) is 50.1 Å². The van der Waals surface area contributed by atoms with Gasteiger partial charge < -0.3 is 5.32 Å². The summed E-state index contributed by atoms with van der Waals surface area (Å²) in [7, 11) is 0. The average molecular weight is 330 g/mol. The Morgan fingerprint density at radius 3 is 2.68 bits per heavy atom. The highest BCUT2D eigenvalue weighted by Gasteiger charge is 2.28. The monoisotopic (exact) mass is 329 g/mol. The molecule has 1 N–H and O–H groups in total. The van der Waals surface area contributed by atoms with Gasteiger partial charge >= 0.3 is 0 Å². The van der Waals surface area contributed by atoms with Crippen molar-refractivity contribution >= 4 is 57.9 Å². The number of nitrogens with one attached hydrogen (secondary N) is 1. The lowest BCUT2D eigenvalue weighted by Gasteiger charge is -2.17. The predicted octanol–water partition coefficient (Wildman–Crippen LogP) is 4.83. The molecule has 1 atom stereocenters. The molecule has 0 saturated heterocycles. The maximum absolute atomic E-state index is 11.7. The van der Waals surface area contributed by atoms with E-state index in [-0.39, 0.29) is 11.2 Å². The van der Waals surface area contributed by atoms with Crippen LogP contribution < -0.4 is 5.32 Å². The van der Waals surface area contributed by atoms with Crippen LogP contribution in [0.5, 0.6) is 0 Å². The third kappa shape index (κ3) is 2.50. The number of amides is 1. The first-order valence-corrected chi connectivity index (χ1v) is 8.28. The van der Waals surface area contributed by atoms with Crippen LogP contribution in [0.3, 0.4) is 0 Å². The van der Waals surface area contributed by atoms with Crippen molar-refractivity contribution in [3.63, 3.8) is 0 Å². The van der Waals surface area contributed by atoms with Gasteiger partial charge in [-0.3, -0.25) is 4.79 Å². The molecule has 0 aliphatic carbocycles. The van der Waals surface area contributed by atoms with E-state index in [0.717, 1.165) is 16.1 Å². The van der Waals surface area contributed by atoms with Crippen molar-refractivity contribution in [3.8, 4) is 0 Å². The van der Waals surface area contributed by atoms with Crippen LogP contribution in [0.2, 0.25) is 10.0 Å². The second-order valence-corrected chi connectivity index (χ2v) is 6.93. The number of rotatable bonds is 1. The molecule has 0 spiro atoms. The van der Waals surface area contributed by atoms with Gasteiger partial charge in [0.05, 0.1) is 16.7 Å². The standard InChI is InChI=1S/C13H9Cl2NOS2/c14-7-2-1-3-8(15)11(7)13-12-9(4-5-18-12)16-10(17)6-19-13/h1-5,13H,6H2,(H,16,17)/t13-/m0/s1. The molecule has 2 nitrogen and oxygen atoms in total. The van der Waals surface area contributed by atoms with Gasteiger partial charge in [0.25, 0.3) is 0 Å². The molecule has 0 fully saturated rings. The minimum absolute atomic E-state index is 0.00449. The second kappa shape index (κ2) is 5.37. The molecular formula is C13H9Cl2NOS2. The Morgan fingerprint density at radius 1 is 1.21 bits per heavy atom. The van der Waals surface area contributed by atoms with Gasteiger partial charge in [0, 0.05) is 20.5 Å². The molecule has 2 aromatic rings. The summed E-state index contributed by atoms with van der Waals surface area (Å²) in [5.74, 6) is 0.406. The molecule has 1 aliphatic heterocycles. The van der Waals surface area contributed by atoms with Crippen LogP contribution in [0.25, 0.3) is 0 Å². The lowest BCUT2D eigenvalue weighted by Crippen LogP contribution is -2.11. The first-order valence-electron chi connectivity index (χ1n) is 5.59. The van der Waals surface area contributed by atoms with E-state index in [0.29, 0.717) is 15.8 Å². The smallest absolute Gasteiger partial charge is 0.234 e. The van der Waals surface area contributed by atoms with Crippen LogP contribution in [-0.2, 0) is 4.79 Å². The first kappa shape index (κ1) is 13.3. The van der Waals surface area contributed by atoms with Gasteiger partial charge in [0.1, 0.15) is 0 Å². The largest absolute Gasteiger partial charge is 0.324 e. The van der Waals surface area contributed by atoms with E-state index in [1.165, 1.54) is 0 Å². The van der Waals surface area contributed by atoms with Gasteiger partial charge in [-0.2, -0.15) is 0 Å².